The molecule has 3 unspecified atom stereocenters. The van der Waals surface area contributed by atoms with Gasteiger partial charge in [-0.25, -0.2) is 0 Å². The number of amides is 1. The monoisotopic (exact) mass is 280 g/mol. The topological polar surface area (TPSA) is 55.1 Å². The Bertz CT molecular complexity index is 391. The minimum absolute atomic E-state index is 0.114. The maximum Gasteiger partial charge on any atom is 0.223 e. The number of rotatable bonds is 5. The van der Waals surface area contributed by atoms with Crippen LogP contribution in [0, 0.1) is 5.92 Å². The minimum Gasteiger partial charge on any atom is -0.348 e. The zero-order chi connectivity index (χ0) is 13.7. The molecule has 1 aliphatic rings. The van der Waals surface area contributed by atoms with Crippen LogP contribution >= 0.6 is 11.3 Å². The summed E-state index contributed by atoms with van der Waals surface area (Å²) in [5.74, 6) is 0.310. The van der Waals surface area contributed by atoms with Gasteiger partial charge in [-0.2, -0.15) is 0 Å². The maximum absolute atomic E-state index is 12.4. The summed E-state index contributed by atoms with van der Waals surface area (Å²) in [6, 6.07) is 4.54. The molecule has 3 atom stereocenters. The van der Waals surface area contributed by atoms with E-state index in [4.69, 9.17) is 5.73 Å². The molecule has 0 aliphatic heterocycles. The van der Waals surface area contributed by atoms with Crippen molar-refractivity contribution in [3.63, 3.8) is 0 Å². The number of nitrogens with one attached hydrogen (secondary N) is 1. The third-order valence-electron chi connectivity index (χ3n) is 3.87. The first-order valence-corrected chi connectivity index (χ1v) is 8.18. The predicted molar refractivity (Wildman–Crippen MR) is 80.0 cm³/mol. The molecule has 1 fully saturated rings. The van der Waals surface area contributed by atoms with Crippen LogP contribution in [-0.2, 0) is 4.79 Å². The van der Waals surface area contributed by atoms with Crippen LogP contribution in [0.1, 0.15) is 56.4 Å². The van der Waals surface area contributed by atoms with E-state index in [9.17, 15) is 4.79 Å². The standard InChI is InChI=1S/C15H24N2OS/c1-2-5-13(14-8-4-9-19-14)17-15(18)11-6-3-7-12(16)10-11/h4,8-9,11-13H,2-3,5-7,10,16H2,1H3,(H,17,18). The van der Waals surface area contributed by atoms with Crippen LogP contribution in [-0.4, -0.2) is 11.9 Å². The lowest BCUT2D eigenvalue weighted by molar-refractivity contribution is -0.126. The molecule has 1 aromatic heterocycles. The molecule has 106 valence electrons. The number of hydrogen-bond acceptors (Lipinski definition) is 3. The van der Waals surface area contributed by atoms with Crippen LogP contribution in [0.4, 0.5) is 0 Å². The molecule has 3 nitrogen and oxygen atoms in total. The summed E-state index contributed by atoms with van der Waals surface area (Å²) in [4.78, 5) is 13.6. The summed E-state index contributed by atoms with van der Waals surface area (Å²) in [7, 11) is 0. The number of hydrogen-bond donors (Lipinski definition) is 2. The molecule has 0 radical (unpaired) electrons. The average Bonchev–Trinajstić information content (AvgIpc) is 2.92. The maximum atomic E-state index is 12.4. The van der Waals surface area contributed by atoms with Gasteiger partial charge in [0.25, 0.3) is 0 Å². The SMILES string of the molecule is CCCC(NC(=O)C1CCCC(N)C1)c1cccs1. The second-order valence-electron chi connectivity index (χ2n) is 5.49. The first kappa shape index (κ1) is 14.5. The van der Waals surface area contributed by atoms with Gasteiger partial charge in [0.1, 0.15) is 0 Å². The Hall–Kier alpha value is -0.870. The highest BCUT2D eigenvalue weighted by atomic mass is 32.1. The molecule has 1 amide bonds. The molecule has 0 aromatic carbocycles. The zero-order valence-electron chi connectivity index (χ0n) is 11.6. The normalized spacial score (nSPS) is 24.9. The molecule has 4 heteroatoms. The van der Waals surface area contributed by atoms with Gasteiger partial charge < -0.3 is 11.1 Å². The molecule has 3 N–H and O–H groups in total. The lowest BCUT2D eigenvalue weighted by Crippen LogP contribution is -2.39. The van der Waals surface area contributed by atoms with Crippen LogP contribution in [0.15, 0.2) is 17.5 Å². The van der Waals surface area contributed by atoms with E-state index in [-0.39, 0.29) is 23.9 Å². The number of thiophene rings is 1. The van der Waals surface area contributed by atoms with Crippen molar-refractivity contribution >= 4 is 17.2 Å². The van der Waals surface area contributed by atoms with Gasteiger partial charge in [-0.15, -0.1) is 11.3 Å². The summed E-state index contributed by atoms with van der Waals surface area (Å²) in [6.07, 6.45) is 6.06. The quantitative estimate of drug-likeness (QED) is 0.870. The Morgan fingerprint density at radius 1 is 1.58 bits per heavy atom. The molecule has 0 bridgehead atoms. The Morgan fingerprint density at radius 2 is 2.42 bits per heavy atom. The van der Waals surface area contributed by atoms with E-state index in [2.05, 4.69) is 23.7 Å². The molecule has 1 heterocycles. The second kappa shape index (κ2) is 7.06. The van der Waals surface area contributed by atoms with Crippen molar-refractivity contribution in [2.45, 2.75) is 57.5 Å². The first-order valence-electron chi connectivity index (χ1n) is 7.30. The highest BCUT2D eigenvalue weighted by Gasteiger charge is 2.27. The first-order chi connectivity index (χ1) is 9.20. The highest BCUT2D eigenvalue weighted by molar-refractivity contribution is 7.10. The summed E-state index contributed by atoms with van der Waals surface area (Å²) in [6.45, 7) is 2.16. The second-order valence-corrected chi connectivity index (χ2v) is 6.47. The smallest absolute Gasteiger partial charge is 0.223 e. The molecule has 1 saturated carbocycles. The summed E-state index contributed by atoms with van der Waals surface area (Å²) >= 11 is 1.72. The Labute approximate surface area is 119 Å². The lowest BCUT2D eigenvalue weighted by atomic mass is 9.85. The summed E-state index contributed by atoms with van der Waals surface area (Å²) in [5.41, 5.74) is 5.97. The largest absolute Gasteiger partial charge is 0.348 e. The molecule has 1 aromatic rings. The van der Waals surface area contributed by atoms with Crippen molar-refractivity contribution in [3.05, 3.63) is 22.4 Å². The number of carbonyl (C=O) groups is 1. The summed E-state index contributed by atoms with van der Waals surface area (Å²) in [5, 5.41) is 5.30. The minimum atomic E-state index is 0.114. The van der Waals surface area contributed by atoms with E-state index < -0.39 is 0 Å². The van der Waals surface area contributed by atoms with Crippen molar-refractivity contribution in [2.75, 3.05) is 0 Å². The van der Waals surface area contributed by atoms with Crippen molar-refractivity contribution < 1.29 is 4.79 Å². The van der Waals surface area contributed by atoms with Crippen LogP contribution in [0.25, 0.3) is 0 Å². The van der Waals surface area contributed by atoms with Gasteiger partial charge in [-0.05, 0) is 37.1 Å². The Morgan fingerprint density at radius 3 is 3.05 bits per heavy atom. The van der Waals surface area contributed by atoms with E-state index in [0.29, 0.717) is 0 Å². The third kappa shape index (κ3) is 4.05. The molecule has 0 spiro atoms. The van der Waals surface area contributed by atoms with Crippen LogP contribution in [0.5, 0.6) is 0 Å². The van der Waals surface area contributed by atoms with E-state index in [1.54, 1.807) is 11.3 Å². The fourth-order valence-electron chi connectivity index (χ4n) is 2.82. The Kier molecular flexibility index (Phi) is 5.40. The number of nitrogens with two attached hydrogens (primary N) is 1. The molecule has 2 rings (SSSR count). The van der Waals surface area contributed by atoms with Gasteiger partial charge in [-0.1, -0.05) is 25.8 Å². The molecule has 19 heavy (non-hydrogen) atoms. The van der Waals surface area contributed by atoms with Crippen molar-refractivity contribution in [3.8, 4) is 0 Å². The highest BCUT2D eigenvalue weighted by Crippen LogP contribution is 2.27. The lowest BCUT2D eigenvalue weighted by Gasteiger charge is -2.27. The van der Waals surface area contributed by atoms with Gasteiger partial charge in [-0.3, -0.25) is 4.79 Å². The van der Waals surface area contributed by atoms with Gasteiger partial charge in [0, 0.05) is 16.8 Å². The van der Waals surface area contributed by atoms with Crippen molar-refractivity contribution in [2.24, 2.45) is 11.7 Å². The van der Waals surface area contributed by atoms with Gasteiger partial charge >= 0.3 is 0 Å². The van der Waals surface area contributed by atoms with Crippen LogP contribution < -0.4 is 11.1 Å². The van der Waals surface area contributed by atoms with E-state index in [0.717, 1.165) is 38.5 Å². The molecule has 1 aliphatic carbocycles. The number of carbonyl (C=O) groups excluding carboxylic acids is 1. The molecular formula is C15H24N2OS. The van der Waals surface area contributed by atoms with Crippen LogP contribution in [0.2, 0.25) is 0 Å². The Balaban J connectivity index is 1.95. The van der Waals surface area contributed by atoms with Gasteiger partial charge in [0.2, 0.25) is 5.91 Å². The van der Waals surface area contributed by atoms with E-state index in [1.807, 2.05) is 6.07 Å². The van der Waals surface area contributed by atoms with Crippen molar-refractivity contribution in [1.82, 2.24) is 5.32 Å². The van der Waals surface area contributed by atoms with E-state index in [1.165, 1.54) is 4.88 Å². The van der Waals surface area contributed by atoms with Gasteiger partial charge in [0.15, 0.2) is 0 Å². The van der Waals surface area contributed by atoms with Crippen molar-refractivity contribution in [1.29, 1.82) is 0 Å². The van der Waals surface area contributed by atoms with Gasteiger partial charge in [0.05, 0.1) is 6.04 Å². The molecule has 0 saturated heterocycles. The van der Waals surface area contributed by atoms with Crippen LogP contribution in [0.3, 0.4) is 0 Å². The molecular weight excluding hydrogens is 256 g/mol. The van der Waals surface area contributed by atoms with E-state index >= 15 is 0 Å². The fraction of sp³-hybridized carbons (Fsp3) is 0.667. The zero-order valence-corrected chi connectivity index (χ0v) is 12.4. The average molecular weight is 280 g/mol. The third-order valence-corrected chi connectivity index (χ3v) is 4.85. The summed E-state index contributed by atoms with van der Waals surface area (Å²) < 4.78 is 0. The fourth-order valence-corrected chi connectivity index (χ4v) is 3.63. The predicted octanol–water partition coefficient (Wildman–Crippen LogP) is 3.22.